The fourth-order valence-electron chi connectivity index (χ4n) is 1.62. The Kier molecular flexibility index (Phi) is 3.27. The van der Waals surface area contributed by atoms with Gasteiger partial charge in [0.1, 0.15) is 5.69 Å². The van der Waals surface area contributed by atoms with Crippen molar-refractivity contribution in [2.24, 2.45) is 0 Å². The highest BCUT2D eigenvalue weighted by atomic mass is 16.2. The third-order valence-electron chi connectivity index (χ3n) is 2.55. The normalized spacial score (nSPS) is 10.3. The molecule has 2 rings (SSSR count). The van der Waals surface area contributed by atoms with Crippen LogP contribution in [0.1, 0.15) is 23.1 Å². The van der Waals surface area contributed by atoms with E-state index in [1.54, 1.807) is 16.9 Å². The maximum Gasteiger partial charge on any atom is 0.276 e. The van der Waals surface area contributed by atoms with Gasteiger partial charge in [-0.15, -0.1) is 0 Å². The van der Waals surface area contributed by atoms with Crippen molar-refractivity contribution in [3.63, 3.8) is 0 Å². The Labute approximate surface area is 105 Å². The minimum Gasteiger partial charge on any atom is -0.396 e. The van der Waals surface area contributed by atoms with E-state index in [9.17, 15) is 4.79 Å². The highest BCUT2D eigenvalue weighted by Crippen LogP contribution is 2.14. The summed E-state index contributed by atoms with van der Waals surface area (Å²) < 4.78 is 1.56. The van der Waals surface area contributed by atoms with Gasteiger partial charge in [-0.05, 0) is 26.0 Å². The van der Waals surface area contributed by atoms with Crippen LogP contribution in [0.3, 0.4) is 0 Å². The third kappa shape index (κ3) is 2.32. The van der Waals surface area contributed by atoms with Gasteiger partial charge < -0.3 is 11.1 Å². The molecule has 3 N–H and O–H groups in total. The molecule has 0 unspecified atom stereocenters. The highest BCUT2D eigenvalue weighted by Gasteiger charge is 2.16. The number of aryl methyl sites for hydroxylation is 2. The van der Waals surface area contributed by atoms with Gasteiger partial charge in [0.25, 0.3) is 5.91 Å². The lowest BCUT2D eigenvalue weighted by Crippen LogP contribution is -2.18. The molecule has 6 nitrogen and oxygen atoms in total. The number of nitrogens with one attached hydrogen (secondary N) is 1. The predicted octanol–water partition coefficient (Wildman–Crippen LogP) is 1.44. The summed E-state index contributed by atoms with van der Waals surface area (Å²) in [7, 11) is 0. The Bertz CT molecular complexity index is 558. The van der Waals surface area contributed by atoms with Gasteiger partial charge >= 0.3 is 0 Å². The fraction of sp³-hybridized carbons (Fsp3) is 0.250. The summed E-state index contributed by atoms with van der Waals surface area (Å²) in [5.41, 5.74) is 8.01. The average molecular weight is 245 g/mol. The average Bonchev–Trinajstić information content (AvgIpc) is 2.73. The van der Waals surface area contributed by atoms with Crippen LogP contribution >= 0.6 is 0 Å². The van der Waals surface area contributed by atoms with Crippen LogP contribution in [-0.2, 0) is 6.54 Å². The van der Waals surface area contributed by atoms with Crippen LogP contribution in [0.15, 0.2) is 24.5 Å². The molecular weight excluding hydrogens is 230 g/mol. The van der Waals surface area contributed by atoms with Crippen molar-refractivity contribution in [3.8, 4) is 0 Å². The van der Waals surface area contributed by atoms with Crippen molar-refractivity contribution in [1.82, 2.24) is 14.8 Å². The van der Waals surface area contributed by atoms with E-state index in [0.29, 0.717) is 23.6 Å². The standard InChI is InChI=1S/C12H15N5O/c1-3-17-11(10(13)7-15-17)12(18)16-9-5-4-8(2)14-6-9/h4-7H,3,13H2,1-2H3,(H,16,18). The molecule has 0 bridgehead atoms. The number of hydrogen-bond donors (Lipinski definition) is 2. The van der Waals surface area contributed by atoms with Crippen LogP contribution in [0.4, 0.5) is 11.4 Å². The molecule has 0 aliphatic carbocycles. The van der Waals surface area contributed by atoms with E-state index in [4.69, 9.17) is 5.73 Å². The van der Waals surface area contributed by atoms with Gasteiger partial charge in [0.15, 0.2) is 0 Å². The lowest BCUT2D eigenvalue weighted by atomic mass is 10.3. The first-order valence-corrected chi connectivity index (χ1v) is 5.67. The Balaban J connectivity index is 2.21. The summed E-state index contributed by atoms with van der Waals surface area (Å²) in [5.74, 6) is -0.280. The van der Waals surface area contributed by atoms with Crippen molar-refractivity contribution in [2.75, 3.05) is 11.1 Å². The van der Waals surface area contributed by atoms with Gasteiger partial charge in [0, 0.05) is 12.2 Å². The zero-order valence-electron chi connectivity index (χ0n) is 10.3. The molecule has 1 amide bonds. The van der Waals surface area contributed by atoms with E-state index in [-0.39, 0.29) is 5.91 Å². The van der Waals surface area contributed by atoms with E-state index >= 15 is 0 Å². The summed E-state index contributed by atoms with van der Waals surface area (Å²) in [6.07, 6.45) is 3.09. The maximum absolute atomic E-state index is 12.1. The molecular formula is C12H15N5O. The second-order valence-corrected chi connectivity index (χ2v) is 3.91. The molecule has 94 valence electrons. The Morgan fingerprint density at radius 2 is 2.22 bits per heavy atom. The Morgan fingerprint density at radius 3 is 2.83 bits per heavy atom. The third-order valence-corrected chi connectivity index (χ3v) is 2.55. The molecule has 0 fully saturated rings. The highest BCUT2D eigenvalue weighted by molar-refractivity contribution is 6.06. The van der Waals surface area contributed by atoms with Crippen LogP contribution in [0.5, 0.6) is 0 Å². The van der Waals surface area contributed by atoms with Crippen LogP contribution in [0.25, 0.3) is 0 Å². The summed E-state index contributed by atoms with van der Waals surface area (Å²) in [6.45, 7) is 4.37. The number of nitrogen functional groups attached to an aromatic ring is 1. The predicted molar refractivity (Wildman–Crippen MR) is 69.2 cm³/mol. The Morgan fingerprint density at radius 1 is 1.44 bits per heavy atom. The smallest absolute Gasteiger partial charge is 0.276 e. The number of anilines is 2. The monoisotopic (exact) mass is 245 g/mol. The molecule has 0 radical (unpaired) electrons. The van der Waals surface area contributed by atoms with Gasteiger partial charge in [-0.2, -0.15) is 5.10 Å². The van der Waals surface area contributed by atoms with E-state index in [0.717, 1.165) is 5.69 Å². The van der Waals surface area contributed by atoms with Crippen molar-refractivity contribution in [1.29, 1.82) is 0 Å². The minimum absolute atomic E-state index is 0.280. The quantitative estimate of drug-likeness (QED) is 0.856. The number of carbonyl (C=O) groups excluding carboxylic acids is 1. The summed E-state index contributed by atoms with van der Waals surface area (Å²) in [4.78, 5) is 16.2. The lowest BCUT2D eigenvalue weighted by Gasteiger charge is -2.07. The SMILES string of the molecule is CCn1ncc(N)c1C(=O)Nc1ccc(C)nc1. The fourth-order valence-corrected chi connectivity index (χ4v) is 1.62. The van der Waals surface area contributed by atoms with E-state index in [1.807, 2.05) is 19.9 Å². The van der Waals surface area contributed by atoms with Gasteiger partial charge in [-0.1, -0.05) is 0 Å². The van der Waals surface area contributed by atoms with Gasteiger partial charge in [-0.3, -0.25) is 14.5 Å². The molecule has 0 saturated heterocycles. The molecule has 0 aliphatic heterocycles. The maximum atomic E-state index is 12.1. The first-order chi connectivity index (χ1) is 8.61. The van der Waals surface area contributed by atoms with E-state index in [2.05, 4.69) is 15.4 Å². The van der Waals surface area contributed by atoms with Crippen LogP contribution in [0.2, 0.25) is 0 Å². The van der Waals surface area contributed by atoms with Crippen molar-refractivity contribution >= 4 is 17.3 Å². The van der Waals surface area contributed by atoms with Gasteiger partial charge in [0.05, 0.1) is 23.8 Å². The topological polar surface area (TPSA) is 85.8 Å². The largest absolute Gasteiger partial charge is 0.396 e. The van der Waals surface area contributed by atoms with E-state index in [1.165, 1.54) is 6.20 Å². The van der Waals surface area contributed by atoms with Crippen molar-refractivity contribution in [3.05, 3.63) is 35.9 Å². The summed E-state index contributed by atoms with van der Waals surface area (Å²) >= 11 is 0. The molecule has 0 spiro atoms. The molecule has 2 aromatic heterocycles. The number of nitrogens with zero attached hydrogens (tertiary/aromatic N) is 3. The summed E-state index contributed by atoms with van der Waals surface area (Å²) in [6, 6.07) is 3.62. The zero-order chi connectivity index (χ0) is 13.1. The zero-order valence-corrected chi connectivity index (χ0v) is 10.3. The number of aromatic nitrogens is 3. The molecule has 6 heteroatoms. The Hall–Kier alpha value is -2.37. The first kappa shape index (κ1) is 12.1. The number of carbonyl (C=O) groups is 1. The van der Waals surface area contributed by atoms with Crippen LogP contribution in [-0.4, -0.2) is 20.7 Å². The molecule has 2 heterocycles. The van der Waals surface area contributed by atoms with Gasteiger partial charge in [-0.25, -0.2) is 0 Å². The van der Waals surface area contributed by atoms with Gasteiger partial charge in [0.2, 0.25) is 0 Å². The van der Waals surface area contributed by atoms with Crippen molar-refractivity contribution < 1.29 is 4.79 Å². The second-order valence-electron chi connectivity index (χ2n) is 3.91. The van der Waals surface area contributed by atoms with Crippen LogP contribution < -0.4 is 11.1 Å². The van der Waals surface area contributed by atoms with E-state index < -0.39 is 0 Å². The number of amides is 1. The molecule has 0 saturated carbocycles. The lowest BCUT2D eigenvalue weighted by molar-refractivity contribution is 0.101. The molecule has 18 heavy (non-hydrogen) atoms. The number of hydrogen-bond acceptors (Lipinski definition) is 4. The molecule has 0 aromatic carbocycles. The minimum atomic E-state index is -0.280. The second kappa shape index (κ2) is 4.87. The number of rotatable bonds is 3. The summed E-state index contributed by atoms with van der Waals surface area (Å²) in [5, 5.41) is 6.77. The number of nitrogens with two attached hydrogens (primary N) is 1. The molecule has 0 aliphatic rings. The molecule has 2 aromatic rings. The first-order valence-electron chi connectivity index (χ1n) is 5.67. The van der Waals surface area contributed by atoms with Crippen LogP contribution in [0, 0.1) is 6.92 Å². The van der Waals surface area contributed by atoms with Crippen molar-refractivity contribution in [2.45, 2.75) is 20.4 Å². The number of pyridine rings is 1. The molecule has 0 atom stereocenters.